The van der Waals surface area contributed by atoms with Crippen LogP contribution in [0.25, 0.3) is 11.3 Å². The van der Waals surface area contributed by atoms with Crippen LogP contribution in [-0.2, 0) is 0 Å². The van der Waals surface area contributed by atoms with Crippen LogP contribution in [0.2, 0.25) is 0 Å². The summed E-state index contributed by atoms with van der Waals surface area (Å²) in [7, 11) is 0. The van der Waals surface area contributed by atoms with Gasteiger partial charge < -0.3 is 15.1 Å². The third kappa shape index (κ3) is 4.31. The summed E-state index contributed by atoms with van der Waals surface area (Å²) in [6.07, 6.45) is 3.44. The summed E-state index contributed by atoms with van der Waals surface area (Å²) < 4.78 is 13.7. The van der Waals surface area contributed by atoms with Gasteiger partial charge in [-0.3, -0.25) is 4.98 Å². The second-order valence-electron chi connectivity index (χ2n) is 6.88. The lowest BCUT2D eigenvalue weighted by molar-refractivity contribution is 0.208. The maximum absolute atomic E-state index is 13.7. The van der Waals surface area contributed by atoms with Gasteiger partial charge >= 0.3 is 6.03 Å². The Labute approximate surface area is 168 Å². The fourth-order valence-corrected chi connectivity index (χ4v) is 3.18. The molecule has 1 fully saturated rings. The fraction of sp³-hybridized carbons (Fsp3) is 0.238. The number of rotatable bonds is 3. The van der Waals surface area contributed by atoms with Gasteiger partial charge in [0.1, 0.15) is 5.82 Å². The van der Waals surface area contributed by atoms with Crippen LogP contribution in [0.15, 0.2) is 54.9 Å². The number of benzene rings is 1. The zero-order chi connectivity index (χ0) is 20.2. The average Bonchev–Trinajstić information content (AvgIpc) is 2.77. The highest BCUT2D eigenvalue weighted by Crippen LogP contribution is 2.19. The topological polar surface area (TPSA) is 74.2 Å². The summed E-state index contributed by atoms with van der Waals surface area (Å²) in [5, 5.41) is 11.4. The average molecular weight is 392 g/mol. The van der Waals surface area contributed by atoms with Crippen molar-refractivity contribution in [2.24, 2.45) is 0 Å². The van der Waals surface area contributed by atoms with E-state index in [9.17, 15) is 9.18 Å². The molecule has 8 heteroatoms. The Kier molecular flexibility index (Phi) is 5.33. The molecular formula is C21H21FN6O. The van der Waals surface area contributed by atoms with Gasteiger partial charge in [-0.05, 0) is 48.9 Å². The van der Waals surface area contributed by atoms with Gasteiger partial charge in [0, 0.05) is 49.8 Å². The van der Waals surface area contributed by atoms with Gasteiger partial charge in [-0.25, -0.2) is 9.18 Å². The van der Waals surface area contributed by atoms with Crippen molar-refractivity contribution in [2.75, 3.05) is 36.4 Å². The molecule has 0 saturated carbocycles. The molecule has 1 aliphatic rings. The maximum atomic E-state index is 13.7. The minimum atomic E-state index is -0.332. The van der Waals surface area contributed by atoms with E-state index in [4.69, 9.17) is 0 Å². The van der Waals surface area contributed by atoms with Gasteiger partial charge in [0.25, 0.3) is 0 Å². The normalized spacial score (nSPS) is 14.0. The zero-order valence-corrected chi connectivity index (χ0v) is 16.0. The molecule has 0 radical (unpaired) electrons. The third-order valence-corrected chi connectivity index (χ3v) is 4.94. The first-order valence-electron chi connectivity index (χ1n) is 9.41. The van der Waals surface area contributed by atoms with Crippen LogP contribution in [0, 0.1) is 12.7 Å². The van der Waals surface area contributed by atoms with E-state index < -0.39 is 0 Å². The summed E-state index contributed by atoms with van der Waals surface area (Å²) in [6.45, 7) is 4.09. The molecule has 3 heterocycles. The molecule has 2 amide bonds. The number of hydrogen-bond acceptors (Lipinski definition) is 5. The van der Waals surface area contributed by atoms with Crippen LogP contribution < -0.4 is 10.2 Å². The molecule has 1 saturated heterocycles. The molecule has 1 aliphatic heterocycles. The third-order valence-electron chi connectivity index (χ3n) is 4.94. The number of nitrogens with zero attached hydrogens (tertiary/aromatic N) is 5. The number of piperazine rings is 1. The Morgan fingerprint density at radius 1 is 1.00 bits per heavy atom. The predicted molar refractivity (Wildman–Crippen MR) is 109 cm³/mol. The van der Waals surface area contributed by atoms with Gasteiger partial charge in [0.2, 0.25) is 0 Å². The number of hydrogen-bond donors (Lipinski definition) is 1. The first-order valence-corrected chi connectivity index (χ1v) is 9.41. The lowest BCUT2D eigenvalue weighted by Gasteiger charge is -2.35. The number of aromatic nitrogens is 3. The molecule has 1 N–H and O–H groups in total. The molecule has 0 atom stereocenters. The van der Waals surface area contributed by atoms with Crippen LogP contribution in [0.1, 0.15) is 5.56 Å². The van der Waals surface area contributed by atoms with E-state index in [0.29, 0.717) is 37.4 Å². The van der Waals surface area contributed by atoms with Crippen LogP contribution in [0.5, 0.6) is 0 Å². The maximum Gasteiger partial charge on any atom is 0.321 e. The van der Waals surface area contributed by atoms with E-state index >= 15 is 0 Å². The van der Waals surface area contributed by atoms with Gasteiger partial charge in [0.15, 0.2) is 5.82 Å². The van der Waals surface area contributed by atoms with Gasteiger partial charge in [0.05, 0.1) is 5.69 Å². The van der Waals surface area contributed by atoms with Crippen LogP contribution in [0.4, 0.5) is 20.7 Å². The summed E-state index contributed by atoms with van der Waals surface area (Å²) in [4.78, 5) is 20.3. The van der Waals surface area contributed by atoms with Crippen LogP contribution in [0.3, 0.4) is 0 Å². The van der Waals surface area contributed by atoms with Gasteiger partial charge in [-0.15, -0.1) is 10.2 Å². The Morgan fingerprint density at radius 3 is 2.41 bits per heavy atom. The van der Waals surface area contributed by atoms with E-state index in [1.54, 1.807) is 36.4 Å². The van der Waals surface area contributed by atoms with Gasteiger partial charge in [-0.2, -0.15) is 0 Å². The number of carbonyl (C=O) groups is 1. The predicted octanol–water partition coefficient (Wildman–Crippen LogP) is 3.34. The van der Waals surface area contributed by atoms with Crippen molar-refractivity contribution in [2.45, 2.75) is 6.92 Å². The highest BCUT2D eigenvalue weighted by molar-refractivity contribution is 5.89. The quantitative estimate of drug-likeness (QED) is 0.740. The molecule has 148 valence electrons. The van der Waals surface area contributed by atoms with Crippen molar-refractivity contribution in [1.82, 2.24) is 20.1 Å². The summed E-state index contributed by atoms with van der Waals surface area (Å²) in [5.74, 6) is 0.449. The van der Waals surface area contributed by atoms with E-state index in [1.807, 2.05) is 24.3 Å². The van der Waals surface area contributed by atoms with Gasteiger partial charge in [-0.1, -0.05) is 6.07 Å². The van der Waals surface area contributed by atoms with Crippen molar-refractivity contribution in [3.8, 4) is 11.3 Å². The molecule has 7 nitrogen and oxygen atoms in total. The van der Waals surface area contributed by atoms with Crippen molar-refractivity contribution in [1.29, 1.82) is 0 Å². The van der Waals surface area contributed by atoms with E-state index in [1.165, 1.54) is 6.07 Å². The molecule has 2 aromatic heterocycles. The first kappa shape index (κ1) is 18.8. The monoisotopic (exact) mass is 392 g/mol. The van der Waals surface area contributed by atoms with E-state index in [0.717, 1.165) is 17.1 Å². The molecule has 1 aromatic carbocycles. The Hall–Kier alpha value is -3.55. The number of anilines is 2. The van der Waals surface area contributed by atoms with Crippen molar-refractivity contribution in [3.05, 3.63) is 66.2 Å². The Morgan fingerprint density at radius 2 is 1.76 bits per heavy atom. The first-order chi connectivity index (χ1) is 14.1. The summed E-state index contributed by atoms with van der Waals surface area (Å²) >= 11 is 0. The van der Waals surface area contributed by atoms with Crippen LogP contribution in [-0.4, -0.2) is 52.3 Å². The molecule has 29 heavy (non-hydrogen) atoms. The number of pyridine rings is 1. The second-order valence-corrected chi connectivity index (χ2v) is 6.88. The number of carbonyl (C=O) groups excluding carboxylic acids is 1. The largest absolute Gasteiger partial charge is 0.352 e. The zero-order valence-electron chi connectivity index (χ0n) is 16.0. The number of aryl methyl sites for hydroxylation is 1. The minimum absolute atomic E-state index is 0.230. The molecule has 0 aliphatic carbocycles. The standard InChI is InChI=1S/C21H21FN6O/c1-15-2-3-17(14-18(15)22)24-21(29)28-12-10-27(11-13-28)20-5-4-19(25-26-20)16-6-8-23-9-7-16/h2-9,14H,10-13H2,1H3,(H,24,29). The fourth-order valence-electron chi connectivity index (χ4n) is 3.18. The van der Waals surface area contributed by atoms with Crippen molar-refractivity contribution in [3.63, 3.8) is 0 Å². The highest BCUT2D eigenvalue weighted by atomic mass is 19.1. The molecule has 0 spiro atoms. The summed E-state index contributed by atoms with van der Waals surface area (Å²) in [6, 6.07) is 12.1. The molecule has 4 rings (SSSR count). The van der Waals surface area contributed by atoms with Crippen LogP contribution >= 0.6 is 0 Å². The molecular weight excluding hydrogens is 371 g/mol. The number of halogens is 1. The smallest absolute Gasteiger partial charge is 0.321 e. The van der Waals surface area contributed by atoms with E-state index in [2.05, 4.69) is 25.4 Å². The number of urea groups is 1. The number of nitrogens with one attached hydrogen (secondary N) is 1. The minimum Gasteiger partial charge on any atom is -0.352 e. The van der Waals surface area contributed by atoms with Crippen molar-refractivity contribution < 1.29 is 9.18 Å². The number of amides is 2. The highest BCUT2D eigenvalue weighted by Gasteiger charge is 2.22. The summed E-state index contributed by atoms with van der Waals surface area (Å²) in [5.41, 5.74) is 2.76. The van der Waals surface area contributed by atoms with E-state index in [-0.39, 0.29) is 11.8 Å². The lowest BCUT2D eigenvalue weighted by Crippen LogP contribution is -2.50. The SMILES string of the molecule is Cc1ccc(NC(=O)N2CCN(c3ccc(-c4ccncc4)nn3)CC2)cc1F. The lowest BCUT2D eigenvalue weighted by atomic mass is 10.2. The van der Waals surface area contributed by atoms with Crippen molar-refractivity contribution >= 4 is 17.5 Å². The Bertz CT molecular complexity index is 988. The molecule has 3 aromatic rings. The molecule has 0 bridgehead atoms. The Balaban J connectivity index is 1.34. The molecule has 0 unspecified atom stereocenters. The second kappa shape index (κ2) is 8.22.